The van der Waals surface area contributed by atoms with E-state index in [1.54, 1.807) is 14.2 Å². The third-order valence-electron chi connectivity index (χ3n) is 6.39. The van der Waals surface area contributed by atoms with Crippen LogP contribution in [0.1, 0.15) is 27.8 Å². The number of hydrogen-bond acceptors (Lipinski definition) is 5. The van der Waals surface area contributed by atoms with Crippen LogP contribution >= 0.6 is 0 Å². The van der Waals surface area contributed by atoms with Gasteiger partial charge in [0.25, 0.3) is 0 Å². The predicted molar refractivity (Wildman–Crippen MR) is 139 cm³/mol. The van der Waals surface area contributed by atoms with E-state index >= 15 is 0 Å². The lowest BCUT2D eigenvalue weighted by Gasteiger charge is -2.20. The van der Waals surface area contributed by atoms with Gasteiger partial charge in [0, 0.05) is 18.1 Å². The number of hydrogen-bond donors (Lipinski definition) is 1. The number of aromatic nitrogens is 2. The first-order valence-corrected chi connectivity index (χ1v) is 11.4. The van der Waals surface area contributed by atoms with Crippen molar-refractivity contribution in [1.29, 1.82) is 5.26 Å². The van der Waals surface area contributed by atoms with Gasteiger partial charge in [-0.25, -0.2) is 4.98 Å². The Labute approximate surface area is 204 Å². The van der Waals surface area contributed by atoms with Crippen LogP contribution in [0.2, 0.25) is 0 Å². The zero-order valence-corrected chi connectivity index (χ0v) is 20.2. The van der Waals surface area contributed by atoms with Crippen molar-refractivity contribution in [2.24, 2.45) is 0 Å². The van der Waals surface area contributed by atoms with Gasteiger partial charge in [0.05, 0.1) is 36.5 Å². The molecule has 0 atom stereocenters. The number of aryl methyl sites for hydroxylation is 1. The number of imidazole rings is 1. The van der Waals surface area contributed by atoms with Crippen LogP contribution in [-0.2, 0) is 6.42 Å². The molecule has 174 valence electrons. The van der Waals surface area contributed by atoms with Crippen molar-refractivity contribution >= 4 is 28.2 Å². The van der Waals surface area contributed by atoms with Gasteiger partial charge < -0.3 is 14.8 Å². The van der Waals surface area contributed by atoms with Crippen LogP contribution in [0.3, 0.4) is 0 Å². The van der Waals surface area contributed by atoms with E-state index in [1.807, 2.05) is 53.8 Å². The fourth-order valence-electron chi connectivity index (χ4n) is 4.48. The minimum atomic E-state index is 0.575. The van der Waals surface area contributed by atoms with Gasteiger partial charge in [-0.3, -0.25) is 4.40 Å². The van der Waals surface area contributed by atoms with Crippen molar-refractivity contribution in [1.82, 2.24) is 9.38 Å². The number of para-hydroxylation sites is 2. The maximum absolute atomic E-state index is 10.1. The van der Waals surface area contributed by atoms with E-state index in [0.29, 0.717) is 29.1 Å². The van der Waals surface area contributed by atoms with Gasteiger partial charge in [-0.05, 0) is 49.2 Å². The Balaban J connectivity index is 1.83. The lowest BCUT2D eigenvalue weighted by Crippen LogP contribution is -2.09. The lowest BCUT2D eigenvalue weighted by atomic mass is 9.97. The van der Waals surface area contributed by atoms with E-state index < -0.39 is 0 Å². The second-order valence-electron chi connectivity index (χ2n) is 8.55. The topological polar surface area (TPSA) is 71.6 Å². The van der Waals surface area contributed by atoms with Gasteiger partial charge in [0.15, 0.2) is 5.65 Å². The molecule has 0 amide bonds. The van der Waals surface area contributed by atoms with E-state index in [9.17, 15) is 5.26 Å². The number of rotatable bonds is 6. The molecule has 0 aliphatic carbocycles. The van der Waals surface area contributed by atoms with Crippen LogP contribution in [0.25, 0.3) is 16.7 Å². The highest BCUT2D eigenvalue weighted by Crippen LogP contribution is 2.37. The standard InChI is InChI=1S/C29H26N4O2/c1-18-9-11-20(12-10-18)15-22-19(2)23(17-30)29-31-24-7-5-6-8-26(24)33(29)28(22)32-25-16-21(34-3)13-14-27(25)35-4/h5-14,16,32H,15H2,1-4H3. The summed E-state index contributed by atoms with van der Waals surface area (Å²) < 4.78 is 13.2. The highest BCUT2D eigenvalue weighted by Gasteiger charge is 2.22. The molecule has 0 aliphatic rings. The van der Waals surface area contributed by atoms with Gasteiger partial charge in [-0.15, -0.1) is 0 Å². The van der Waals surface area contributed by atoms with E-state index in [2.05, 4.69) is 42.6 Å². The number of nitriles is 1. The van der Waals surface area contributed by atoms with Gasteiger partial charge in [0.1, 0.15) is 23.4 Å². The molecule has 0 fully saturated rings. The van der Waals surface area contributed by atoms with Crippen molar-refractivity contribution in [2.45, 2.75) is 20.3 Å². The van der Waals surface area contributed by atoms with Gasteiger partial charge >= 0.3 is 0 Å². The van der Waals surface area contributed by atoms with E-state index in [-0.39, 0.29) is 0 Å². The third kappa shape index (κ3) is 3.91. The molecular weight excluding hydrogens is 436 g/mol. The highest BCUT2D eigenvalue weighted by atomic mass is 16.5. The summed E-state index contributed by atoms with van der Waals surface area (Å²) in [5, 5.41) is 13.8. The van der Waals surface area contributed by atoms with Crippen LogP contribution in [0.4, 0.5) is 11.5 Å². The first-order chi connectivity index (χ1) is 17.0. The fourth-order valence-corrected chi connectivity index (χ4v) is 4.48. The Morgan fingerprint density at radius 2 is 1.74 bits per heavy atom. The zero-order valence-electron chi connectivity index (χ0n) is 20.2. The average molecular weight is 463 g/mol. The number of fused-ring (bicyclic) bond motifs is 3. The molecule has 0 saturated carbocycles. The molecule has 3 aromatic carbocycles. The molecule has 6 nitrogen and oxygen atoms in total. The molecular formula is C29H26N4O2. The second-order valence-corrected chi connectivity index (χ2v) is 8.55. The highest BCUT2D eigenvalue weighted by molar-refractivity contribution is 5.87. The minimum Gasteiger partial charge on any atom is -0.497 e. The molecule has 2 aromatic heterocycles. The molecule has 0 saturated heterocycles. The Morgan fingerprint density at radius 3 is 2.46 bits per heavy atom. The summed E-state index contributed by atoms with van der Waals surface area (Å²) in [6.45, 7) is 4.07. The molecule has 0 spiro atoms. The lowest BCUT2D eigenvalue weighted by molar-refractivity contribution is 0.405. The molecule has 5 rings (SSSR count). The number of anilines is 2. The first kappa shape index (κ1) is 22.3. The second kappa shape index (κ2) is 9.03. The van der Waals surface area contributed by atoms with Gasteiger partial charge in [-0.2, -0.15) is 5.26 Å². The molecule has 0 radical (unpaired) electrons. The number of ether oxygens (including phenoxy) is 2. The molecule has 5 aromatic rings. The van der Waals surface area contributed by atoms with Crippen LogP contribution in [0, 0.1) is 25.2 Å². The summed E-state index contributed by atoms with van der Waals surface area (Å²) in [4.78, 5) is 4.83. The normalized spacial score (nSPS) is 10.9. The Hall–Kier alpha value is -4.50. The fraction of sp³-hybridized carbons (Fsp3) is 0.172. The number of pyridine rings is 1. The molecule has 0 aliphatic heterocycles. The molecule has 2 heterocycles. The maximum atomic E-state index is 10.1. The summed E-state index contributed by atoms with van der Waals surface area (Å²) in [5.74, 6) is 2.24. The molecule has 1 N–H and O–H groups in total. The van der Waals surface area contributed by atoms with Crippen molar-refractivity contribution in [2.75, 3.05) is 19.5 Å². The van der Waals surface area contributed by atoms with E-state index in [1.165, 1.54) is 5.56 Å². The van der Waals surface area contributed by atoms with Crippen LogP contribution < -0.4 is 14.8 Å². The summed E-state index contributed by atoms with van der Waals surface area (Å²) in [6, 6.07) is 24.5. The summed E-state index contributed by atoms with van der Waals surface area (Å²) in [6.07, 6.45) is 0.651. The Kier molecular flexibility index (Phi) is 5.76. The number of nitrogens with zero attached hydrogens (tertiary/aromatic N) is 3. The van der Waals surface area contributed by atoms with Crippen molar-refractivity contribution in [3.8, 4) is 17.6 Å². The molecule has 0 bridgehead atoms. The molecule has 6 heteroatoms. The van der Waals surface area contributed by atoms with Crippen molar-refractivity contribution < 1.29 is 9.47 Å². The zero-order chi connectivity index (χ0) is 24.5. The summed E-state index contributed by atoms with van der Waals surface area (Å²) in [5.41, 5.74) is 8.01. The minimum absolute atomic E-state index is 0.575. The van der Waals surface area contributed by atoms with E-state index in [4.69, 9.17) is 14.5 Å². The average Bonchev–Trinajstić information content (AvgIpc) is 3.26. The molecule has 35 heavy (non-hydrogen) atoms. The monoisotopic (exact) mass is 462 g/mol. The maximum Gasteiger partial charge on any atom is 0.157 e. The summed E-state index contributed by atoms with van der Waals surface area (Å²) in [7, 11) is 3.29. The van der Waals surface area contributed by atoms with Crippen LogP contribution in [0.5, 0.6) is 11.5 Å². The Morgan fingerprint density at radius 1 is 0.971 bits per heavy atom. The SMILES string of the molecule is COc1ccc(OC)c(Nc2c(Cc3ccc(C)cc3)c(C)c(C#N)c3nc4ccccc4n23)c1. The summed E-state index contributed by atoms with van der Waals surface area (Å²) >= 11 is 0. The van der Waals surface area contributed by atoms with Gasteiger partial charge in [-0.1, -0.05) is 42.0 Å². The smallest absolute Gasteiger partial charge is 0.157 e. The van der Waals surface area contributed by atoms with Crippen LogP contribution in [0.15, 0.2) is 66.7 Å². The van der Waals surface area contributed by atoms with Crippen LogP contribution in [-0.4, -0.2) is 23.6 Å². The van der Waals surface area contributed by atoms with E-state index in [0.717, 1.165) is 39.2 Å². The largest absolute Gasteiger partial charge is 0.497 e. The van der Waals surface area contributed by atoms with Gasteiger partial charge in [0.2, 0.25) is 0 Å². The predicted octanol–water partition coefficient (Wildman–Crippen LogP) is 6.33. The third-order valence-corrected chi connectivity index (χ3v) is 6.39. The number of nitrogens with one attached hydrogen (secondary N) is 1. The Bertz CT molecular complexity index is 1590. The number of methoxy groups -OCH3 is 2. The first-order valence-electron chi connectivity index (χ1n) is 11.4. The number of benzene rings is 3. The quantitative estimate of drug-likeness (QED) is 0.319. The van der Waals surface area contributed by atoms with Crippen molar-refractivity contribution in [3.05, 3.63) is 94.5 Å². The van der Waals surface area contributed by atoms with Crippen molar-refractivity contribution in [3.63, 3.8) is 0 Å². The molecule has 0 unspecified atom stereocenters.